The Morgan fingerprint density at radius 1 is 1.15 bits per heavy atom. The Kier molecular flexibility index (Phi) is 4.79. The first-order valence-electron chi connectivity index (χ1n) is 6.35. The maximum Gasteiger partial charge on any atom is 0.265 e. The summed E-state index contributed by atoms with van der Waals surface area (Å²) < 4.78 is 6.65. The van der Waals surface area contributed by atoms with E-state index in [-0.39, 0.29) is 5.91 Å². The normalized spacial score (nSPS) is 11.8. The summed E-state index contributed by atoms with van der Waals surface area (Å²) in [4.78, 5) is 12.1. The summed E-state index contributed by atoms with van der Waals surface area (Å²) in [5.74, 6) is 0.557. The third kappa shape index (κ3) is 3.84. The van der Waals surface area contributed by atoms with Gasteiger partial charge in [-0.1, -0.05) is 34.1 Å². The molecule has 104 valence electrons. The quantitative estimate of drug-likeness (QED) is 0.912. The third-order valence-electron chi connectivity index (χ3n) is 2.88. The van der Waals surface area contributed by atoms with Gasteiger partial charge in [0.2, 0.25) is 0 Å². The van der Waals surface area contributed by atoms with Gasteiger partial charge in [-0.05, 0) is 49.7 Å². The molecular weight excluding hydrogens is 318 g/mol. The zero-order chi connectivity index (χ0) is 14.5. The zero-order valence-electron chi connectivity index (χ0n) is 11.4. The van der Waals surface area contributed by atoms with E-state index in [1.54, 1.807) is 6.92 Å². The molecule has 0 radical (unpaired) electrons. The van der Waals surface area contributed by atoms with Crippen LogP contribution in [0.5, 0.6) is 5.75 Å². The Labute approximate surface area is 127 Å². The van der Waals surface area contributed by atoms with E-state index in [4.69, 9.17) is 4.74 Å². The highest BCUT2D eigenvalue weighted by Gasteiger charge is 2.15. The molecule has 0 spiro atoms. The molecule has 0 aromatic heterocycles. The van der Waals surface area contributed by atoms with Crippen molar-refractivity contribution in [1.82, 2.24) is 0 Å². The fraction of sp³-hybridized carbons (Fsp3) is 0.188. The van der Waals surface area contributed by atoms with Gasteiger partial charge in [-0.3, -0.25) is 4.79 Å². The number of rotatable bonds is 4. The molecule has 2 rings (SSSR count). The molecule has 0 saturated carbocycles. The number of carbonyl (C=O) groups excluding carboxylic acids is 1. The number of carbonyl (C=O) groups is 1. The molecule has 2 aromatic rings. The van der Waals surface area contributed by atoms with Gasteiger partial charge in [0, 0.05) is 10.2 Å². The molecule has 0 heterocycles. The van der Waals surface area contributed by atoms with Crippen LogP contribution in [0, 0.1) is 6.92 Å². The molecule has 3 nitrogen and oxygen atoms in total. The van der Waals surface area contributed by atoms with E-state index in [0.717, 1.165) is 21.5 Å². The van der Waals surface area contributed by atoms with E-state index in [1.807, 2.05) is 55.5 Å². The smallest absolute Gasteiger partial charge is 0.265 e. The highest BCUT2D eigenvalue weighted by molar-refractivity contribution is 9.10. The zero-order valence-corrected chi connectivity index (χ0v) is 13.0. The number of hydrogen-bond acceptors (Lipinski definition) is 2. The first-order chi connectivity index (χ1) is 9.56. The summed E-state index contributed by atoms with van der Waals surface area (Å²) in [6.45, 7) is 3.69. The number of nitrogens with one attached hydrogen (secondary N) is 1. The summed E-state index contributed by atoms with van der Waals surface area (Å²) in [5, 5.41) is 2.82. The number of aryl methyl sites for hydroxylation is 1. The van der Waals surface area contributed by atoms with Crippen LogP contribution in [0.2, 0.25) is 0 Å². The van der Waals surface area contributed by atoms with Crippen molar-refractivity contribution < 1.29 is 9.53 Å². The van der Waals surface area contributed by atoms with Gasteiger partial charge in [-0.2, -0.15) is 0 Å². The van der Waals surface area contributed by atoms with Crippen molar-refractivity contribution >= 4 is 27.5 Å². The first-order valence-corrected chi connectivity index (χ1v) is 7.14. The Morgan fingerprint density at radius 3 is 2.45 bits per heavy atom. The lowest BCUT2D eigenvalue weighted by Crippen LogP contribution is -2.30. The van der Waals surface area contributed by atoms with Crippen LogP contribution in [0.3, 0.4) is 0 Å². The molecule has 4 heteroatoms. The molecule has 0 aliphatic heterocycles. The molecule has 0 bridgehead atoms. The molecular formula is C16H16BrNO2. The number of halogens is 1. The Hall–Kier alpha value is -1.81. The average Bonchev–Trinajstić information content (AvgIpc) is 2.44. The number of benzene rings is 2. The van der Waals surface area contributed by atoms with Crippen LogP contribution in [0.1, 0.15) is 12.5 Å². The van der Waals surface area contributed by atoms with Gasteiger partial charge < -0.3 is 10.1 Å². The lowest BCUT2D eigenvalue weighted by Gasteiger charge is -2.16. The molecule has 0 unspecified atom stereocenters. The van der Waals surface area contributed by atoms with E-state index in [1.165, 1.54) is 0 Å². The van der Waals surface area contributed by atoms with Crippen LogP contribution in [0.15, 0.2) is 53.0 Å². The van der Waals surface area contributed by atoms with Crippen molar-refractivity contribution in [3.63, 3.8) is 0 Å². The second kappa shape index (κ2) is 6.57. The van der Waals surface area contributed by atoms with E-state index in [9.17, 15) is 4.79 Å². The fourth-order valence-corrected chi connectivity index (χ4v) is 1.97. The van der Waals surface area contributed by atoms with Gasteiger partial charge in [0.25, 0.3) is 5.91 Å². The number of ether oxygens (including phenoxy) is 1. The standard InChI is InChI=1S/C16H16BrNO2/c1-11-5-3-4-6-15(11)20-12(2)16(19)18-14-9-7-13(17)8-10-14/h3-10,12H,1-2H3,(H,18,19)/t12-/m1/s1. The monoisotopic (exact) mass is 333 g/mol. The number of anilines is 1. The highest BCUT2D eigenvalue weighted by atomic mass is 79.9. The van der Waals surface area contributed by atoms with Crippen LogP contribution < -0.4 is 10.1 Å². The van der Waals surface area contributed by atoms with Gasteiger partial charge in [-0.25, -0.2) is 0 Å². The fourth-order valence-electron chi connectivity index (χ4n) is 1.71. The van der Waals surface area contributed by atoms with Crippen LogP contribution in [0.4, 0.5) is 5.69 Å². The molecule has 1 atom stereocenters. The van der Waals surface area contributed by atoms with Gasteiger partial charge >= 0.3 is 0 Å². The topological polar surface area (TPSA) is 38.3 Å². The molecule has 1 amide bonds. The van der Waals surface area contributed by atoms with Gasteiger partial charge in [0.1, 0.15) is 5.75 Å². The van der Waals surface area contributed by atoms with Crippen molar-refractivity contribution in [1.29, 1.82) is 0 Å². The second-order valence-electron chi connectivity index (χ2n) is 4.52. The minimum absolute atomic E-state index is 0.171. The van der Waals surface area contributed by atoms with E-state index in [2.05, 4.69) is 21.2 Å². The molecule has 0 aliphatic carbocycles. The Bertz CT molecular complexity index is 596. The molecule has 0 saturated heterocycles. The predicted octanol–water partition coefficient (Wildman–Crippen LogP) is 4.16. The second-order valence-corrected chi connectivity index (χ2v) is 5.44. The Morgan fingerprint density at radius 2 is 1.80 bits per heavy atom. The largest absolute Gasteiger partial charge is 0.481 e. The summed E-state index contributed by atoms with van der Waals surface area (Å²) in [6, 6.07) is 15.1. The van der Waals surface area contributed by atoms with E-state index < -0.39 is 6.10 Å². The molecule has 0 fully saturated rings. The van der Waals surface area contributed by atoms with Crippen molar-refractivity contribution in [3.8, 4) is 5.75 Å². The average molecular weight is 334 g/mol. The van der Waals surface area contributed by atoms with Gasteiger partial charge in [-0.15, -0.1) is 0 Å². The number of hydrogen-bond donors (Lipinski definition) is 1. The highest BCUT2D eigenvalue weighted by Crippen LogP contribution is 2.19. The summed E-state index contributed by atoms with van der Waals surface area (Å²) >= 11 is 3.36. The van der Waals surface area contributed by atoms with Crippen LogP contribution in [0.25, 0.3) is 0 Å². The first kappa shape index (κ1) is 14.6. The summed E-state index contributed by atoms with van der Waals surface area (Å²) in [5.41, 5.74) is 1.76. The SMILES string of the molecule is Cc1ccccc1O[C@H](C)C(=O)Nc1ccc(Br)cc1. The van der Waals surface area contributed by atoms with Crippen LogP contribution >= 0.6 is 15.9 Å². The summed E-state index contributed by atoms with van der Waals surface area (Å²) in [7, 11) is 0. The number of para-hydroxylation sites is 1. The van der Waals surface area contributed by atoms with E-state index >= 15 is 0 Å². The van der Waals surface area contributed by atoms with Crippen molar-refractivity contribution in [3.05, 3.63) is 58.6 Å². The Balaban J connectivity index is 1.99. The lowest BCUT2D eigenvalue weighted by molar-refractivity contribution is -0.122. The van der Waals surface area contributed by atoms with Crippen molar-refractivity contribution in [2.45, 2.75) is 20.0 Å². The molecule has 1 N–H and O–H groups in total. The van der Waals surface area contributed by atoms with E-state index in [0.29, 0.717) is 0 Å². The van der Waals surface area contributed by atoms with Gasteiger partial charge in [0.05, 0.1) is 0 Å². The lowest BCUT2D eigenvalue weighted by atomic mass is 10.2. The maximum atomic E-state index is 12.1. The van der Waals surface area contributed by atoms with Crippen LogP contribution in [-0.4, -0.2) is 12.0 Å². The van der Waals surface area contributed by atoms with Crippen LogP contribution in [-0.2, 0) is 4.79 Å². The number of amides is 1. The predicted molar refractivity (Wildman–Crippen MR) is 84.0 cm³/mol. The molecule has 2 aromatic carbocycles. The summed E-state index contributed by atoms with van der Waals surface area (Å²) in [6.07, 6.45) is -0.556. The minimum atomic E-state index is -0.556. The maximum absolute atomic E-state index is 12.1. The van der Waals surface area contributed by atoms with Crippen molar-refractivity contribution in [2.24, 2.45) is 0 Å². The third-order valence-corrected chi connectivity index (χ3v) is 3.41. The van der Waals surface area contributed by atoms with Gasteiger partial charge in [0.15, 0.2) is 6.10 Å². The molecule has 0 aliphatic rings. The molecule has 20 heavy (non-hydrogen) atoms. The van der Waals surface area contributed by atoms with Crippen molar-refractivity contribution in [2.75, 3.05) is 5.32 Å². The minimum Gasteiger partial charge on any atom is -0.481 e.